The molecule has 3 rings (SSSR count). The van der Waals surface area contributed by atoms with Crippen LogP contribution >= 0.6 is 0 Å². The Morgan fingerprint density at radius 3 is 1.08 bits per heavy atom. The zero-order valence-corrected chi connectivity index (χ0v) is 37.3. The third-order valence-corrected chi connectivity index (χ3v) is 14.3. The Bertz CT molecular complexity index is 1860. The molecular weight excluding hydrogens is 859 g/mol. The smallest absolute Gasteiger partial charge is 0.375 e. The van der Waals surface area contributed by atoms with Gasteiger partial charge in [0, 0.05) is 5.92 Å². The lowest BCUT2D eigenvalue weighted by Crippen LogP contribution is -2.45. The number of aliphatic hydroxyl groups excluding tert-OH is 2. The molecule has 9 nitrogen and oxygen atoms in total. The molecule has 342 valence electrons. The van der Waals surface area contributed by atoms with Crippen LogP contribution in [-0.4, -0.2) is 70.2 Å². The van der Waals surface area contributed by atoms with Crippen molar-refractivity contribution in [3.05, 3.63) is 91.0 Å². The van der Waals surface area contributed by atoms with Crippen LogP contribution in [0.4, 0.5) is 26.3 Å². The quantitative estimate of drug-likeness (QED) is 0.0831. The highest BCUT2D eigenvalue weighted by Crippen LogP contribution is 2.37. The summed E-state index contributed by atoms with van der Waals surface area (Å²) in [4.78, 5) is 8.70. The number of carbonyl (C=O) groups excluding carboxylic acids is 1. The molecule has 0 aliphatic heterocycles. The SMILES string of the molecule is CCCC[C@@H](C)C=O.CCCC[C@@H](C)[C@@H](O)C(F)(F)S(=O)(=O)c1ccccc1.CCCC[C@@H](C)[C@H](O)C(F)(F)S(=O)(=O)c1ccccc1.O=S(=O)(c1ccccc1)C(F)F. The lowest BCUT2D eigenvalue weighted by molar-refractivity contribution is -0.110. The van der Waals surface area contributed by atoms with Crippen LogP contribution < -0.4 is 0 Å². The highest BCUT2D eigenvalue weighted by atomic mass is 32.2. The van der Waals surface area contributed by atoms with Gasteiger partial charge in [0.15, 0.2) is 0 Å². The maximum absolute atomic E-state index is 14.1. The average molecular weight is 919 g/mol. The molecule has 0 saturated carbocycles. The number of carbonyl (C=O) groups is 1. The number of sulfone groups is 3. The largest absolute Gasteiger partial charge is 0.385 e. The second-order valence-corrected chi connectivity index (χ2v) is 20.2. The van der Waals surface area contributed by atoms with Gasteiger partial charge in [0.2, 0.25) is 29.5 Å². The third-order valence-electron chi connectivity index (χ3n) is 9.17. The molecule has 5 atom stereocenters. The zero-order chi connectivity index (χ0) is 46.4. The number of hydrogen-bond acceptors (Lipinski definition) is 9. The van der Waals surface area contributed by atoms with E-state index in [2.05, 4.69) is 6.92 Å². The summed E-state index contributed by atoms with van der Waals surface area (Å²) in [6.07, 6.45) is 3.68. The predicted octanol–water partition coefficient (Wildman–Crippen LogP) is 10.2. The van der Waals surface area contributed by atoms with Crippen LogP contribution in [0.15, 0.2) is 106 Å². The molecule has 0 amide bonds. The predicted molar refractivity (Wildman–Crippen MR) is 221 cm³/mol. The monoisotopic (exact) mass is 918 g/mol. The van der Waals surface area contributed by atoms with E-state index in [0.717, 1.165) is 61.9 Å². The van der Waals surface area contributed by atoms with E-state index in [9.17, 15) is 66.6 Å². The number of hydrogen-bond donors (Lipinski definition) is 2. The number of alkyl halides is 6. The first kappa shape index (κ1) is 56.7. The summed E-state index contributed by atoms with van der Waals surface area (Å²) >= 11 is 0. The van der Waals surface area contributed by atoms with Gasteiger partial charge in [-0.3, -0.25) is 0 Å². The lowest BCUT2D eigenvalue weighted by Gasteiger charge is -2.27. The van der Waals surface area contributed by atoms with Gasteiger partial charge >= 0.3 is 16.3 Å². The number of unbranched alkanes of at least 4 members (excludes halogenated alkanes) is 3. The van der Waals surface area contributed by atoms with Crippen molar-refractivity contribution in [3.63, 3.8) is 0 Å². The van der Waals surface area contributed by atoms with Gasteiger partial charge in [0.1, 0.15) is 18.5 Å². The fraction of sp³-hybridized carbons (Fsp3) is 0.548. The van der Waals surface area contributed by atoms with Crippen molar-refractivity contribution in [2.75, 3.05) is 0 Å². The van der Waals surface area contributed by atoms with E-state index in [1.807, 2.05) is 20.8 Å². The Labute approximate surface area is 352 Å². The van der Waals surface area contributed by atoms with Gasteiger partial charge in [0.05, 0.1) is 14.7 Å². The Hall–Kier alpha value is -3.32. The molecule has 0 aliphatic rings. The molecule has 3 aromatic rings. The maximum Gasteiger partial charge on any atom is 0.375 e. The number of aldehydes is 1. The van der Waals surface area contributed by atoms with Crippen LogP contribution in [-0.2, 0) is 34.3 Å². The summed E-state index contributed by atoms with van der Waals surface area (Å²) in [5, 5.41) is 11.1. The molecule has 0 radical (unpaired) electrons. The number of benzene rings is 3. The fourth-order valence-corrected chi connectivity index (χ4v) is 8.67. The van der Waals surface area contributed by atoms with Crippen LogP contribution in [0.25, 0.3) is 0 Å². The number of halogens is 6. The molecule has 0 saturated heterocycles. The van der Waals surface area contributed by atoms with Crippen LogP contribution in [0.1, 0.15) is 99.3 Å². The van der Waals surface area contributed by atoms with Crippen molar-refractivity contribution in [1.29, 1.82) is 0 Å². The van der Waals surface area contributed by atoms with E-state index in [4.69, 9.17) is 0 Å². The van der Waals surface area contributed by atoms with E-state index in [1.165, 1.54) is 75.2 Å². The number of rotatable bonds is 20. The molecule has 18 heteroatoms. The summed E-state index contributed by atoms with van der Waals surface area (Å²) in [5.41, 5.74) is 0. The summed E-state index contributed by atoms with van der Waals surface area (Å²) in [5.74, 6) is -4.65. The van der Waals surface area contributed by atoms with Crippen molar-refractivity contribution in [2.45, 2.75) is 142 Å². The molecule has 0 aliphatic carbocycles. The second-order valence-electron chi connectivity index (χ2n) is 14.3. The molecular formula is C42H60F6O9S3. The molecule has 0 unspecified atom stereocenters. The molecule has 0 fully saturated rings. The molecule has 2 N–H and O–H groups in total. The Morgan fingerprint density at radius 1 is 0.533 bits per heavy atom. The van der Waals surface area contributed by atoms with Crippen LogP contribution in [0, 0.1) is 17.8 Å². The molecule has 0 bridgehead atoms. The van der Waals surface area contributed by atoms with E-state index in [1.54, 1.807) is 6.07 Å². The summed E-state index contributed by atoms with van der Waals surface area (Å²) in [7, 11) is -14.2. The minimum absolute atomic E-state index is 0.273. The standard InChI is InChI=1S/2C14H20F2O3S.C7H6F2O2S.C7H14O/c2*1-3-4-8-11(2)13(17)14(15,16)20(18,19)12-9-6-5-7-10-12;8-7(9)12(10,11)6-4-2-1-3-5-6;1-3-4-5-7(2)6-8/h2*5-7,9-11,13,17H,3-4,8H2,1-2H3;1-5,7H;6-7H,3-5H2,1-2H3/t11-,13+;11-,13-;;7-/m11.1/s1. The minimum Gasteiger partial charge on any atom is -0.385 e. The van der Waals surface area contributed by atoms with Gasteiger partial charge in [-0.1, -0.05) is 135 Å². The van der Waals surface area contributed by atoms with Gasteiger partial charge in [-0.25, -0.2) is 25.3 Å². The van der Waals surface area contributed by atoms with E-state index >= 15 is 0 Å². The first-order valence-electron chi connectivity index (χ1n) is 19.6. The van der Waals surface area contributed by atoms with Gasteiger partial charge in [-0.2, -0.15) is 26.3 Å². The summed E-state index contributed by atoms with van der Waals surface area (Å²) in [6.45, 7) is 10.8. The van der Waals surface area contributed by atoms with Gasteiger partial charge in [-0.15, -0.1) is 0 Å². The first-order chi connectivity index (χ1) is 27.9. The fourth-order valence-electron chi connectivity index (χ4n) is 5.17. The zero-order valence-electron chi connectivity index (χ0n) is 34.8. The average Bonchev–Trinajstić information content (AvgIpc) is 3.24. The summed E-state index contributed by atoms with van der Waals surface area (Å²) < 4.78 is 150. The Morgan fingerprint density at radius 2 is 0.817 bits per heavy atom. The van der Waals surface area contributed by atoms with Crippen molar-refractivity contribution in [3.8, 4) is 0 Å². The van der Waals surface area contributed by atoms with Gasteiger partial charge < -0.3 is 15.0 Å². The third kappa shape index (κ3) is 16.9. The van der Waals surface area contributed by atoms with Crippen molar-refractivity contribution >= 4 is 35.8 Å². The van der Waals surface area contributed by atoms with Crippen molar-refractivity contribution in [1.82, 2.24) is 0 Å². The second kappa shape index (κ2) is 26.9. The minimum atomic E-state index is -4.89. The maximum atomic E-state index is 14.1. The molecule has 0 heterocycles. The van der Waals surface area contributed by atoms with Crippen molar-refractivity contribution < 1.29 is 66.6 Å². The molecule has 3 aromatic carbocycles. The topological polar surface area (TPSA) is 160 Å². The Kier molecular flexibility index (Phi) is 25.4. The van der Waals surface area contributed by atoms with Crippen LogP contribution in [0.2, 0.25) is 0 Å². The van der Waals surface area contributed by atoms with Crippen LogP contribution in [0.3, 0.4) is 0 Å². The van der Waals surface area contributed by atoms with E-state index in [-0.39, 0.29) is 10.8 Å². The molecule has 0 spiro atoms. The number of aliphatic hydroxyl groups is 2. The lowest BCUT2D eigenvalue weighted by atomic mass is 9.98. The van der Waals surface area contributed by atoms with Crippen LogP contribution in [0.5, 0.6) is 0 Å². The van der Waals surface area contributed by atoms with E-state index < -0.39 is 79.6 Å². The molecule has 0 aromatic heterocycles. The first-order valence-corrected chi connectivity index (χ1v) is 24.1. The molecule has 60 heavy (non-hydrogen) atoms. The van der Waals surface area contributed by atoms with Gasteiger partial charge in [0.25, 0.3) is 0 Å². The Balaban J connectivity index is 0.000000817. The normalized spacial score (nSPS) is 14.7. The van der Waals surface area contributed by atoms with Crippen molar-refractivity contribution in [2.24, 2.45) is 17.8 Å². The highest BCUT2D eigenvalue weighted by Gasteiger charge is 2.55. The highest BCUT2D eigenvalue weighted by molar-refractivity contribution is 7.93. The summed E-state index contributed by atoms with van der Waals surface area (Å²) in [6, 6.07) is 19.6. The van der Waals surface area contributed by atoms with E-state index in [0.29, 0.717) is 25.7 Å². The van der Waals surface area contributed by atoms with Gasteiger partial charge in [-0.05, 0) is 67.5 Å².